The molecule has 0 aromatic heterocycles. The van der Waals surface area contributed by atoms with Gasteiger partial charge in [-0.1, -0.05) is 39.8 Å². The lowest BCUT2D eigenvalue weighted by Gasteiger charge is -2.24. The van der Waals surface area contributed by atoms with Gasteiger partial charge in [0.15, 0.2) is 6.61 Å². The van der Waals surface area contributed by atoms with Crippen molar-refractivity contribution in [1.82, 2.24) is 10.2 Å². The largest absolute Gasteiger partial charge is 0.484 e. The summed E-state index contributed by atoms with van der Waals surface area (Å²) >= 11 is 0. The molecule has 0 unspecified atom stereocenters. The highest BCUT2D eigenvalue weighted by Gasteiger charge is 2.13. The Kier molecular flexibility index (Phi) is 7.56. The van der Waals surface area contributed by atoms with Gasteiger partial charge in [-0.25, -0.2) is 0 Å². The van der Waals surface area contributed by atoms with E-state index in [1.165, 1.54) is 5.56 Å². The van der Waals surface area contributed by atoms with Gasteiger partial charge < -0.3 is 10.1 Å². The van der Waals surface area contributed by atoms with Crippen molar-refractivity contribution in [3.8, 4) is 5.75 Å². The summed E-state index contributed by atoms with van der Waals surface area (Å²) in [6.07, 6.45) is 0. The molecule has 0 radical (unpaired) electrons. The third-order valence-corrected chi connectivity index (χ3v) is 3.95. The number of rotatable bonds is 8. The Morgan fingerprint density at radius 2 is 1.83 bits per heavy atom. The van der Waals surface area contributed by atoms with Gasteiger partial charge >= 0.3 is 0 Å². The summed E-state index contributed by atoms with van der Waals surface area (Å²) < 4.78 is 5.54. The van der Waals surface area contributed by atoms with E-state index in [2.05, 4.69) is 63.9 Å². The molecule has 0 aliphatic heterocycles. The van der Waals surface area contributed by atoms with E-state index in [4.69, 9.17) is 4.74 Å². The molecule has 0 bridgehead atoms. The maximum absolute atomic E-state index is 11.8. The first-order valence-corrected chi connectivity index (χ1v) is 8.48. The van der Waals surface area contributed by atoms with E-state index in [9.17, 15) is 4.79 Å². The van der Waals surface area contributed by atoms with Crippen molar-refractivity contribution in [3.05, 3.63) is 29.8 Å². The summed E-state index contributed by atoms with van der Waals surface area (Å²) in [5.41, 5.74) is 1.37. The van der Waals surface area contributed by atoms with E-state index in [-0.39, 0.29) is 17.9 Å². The van der Waals surface area contributed by atoms with Gasteiger partial charge in [-0.3, -0.25) is 9.69 Å². The predicted molar refractivity (Wildman–Crippen MR) is 96.0 cm³/mol. The molecule has 1 aromatic carbocycles. The van der Waals surface area contributed by atoms with Crippen molar-refractivity contribution in [2.75, 3.05) is 26.2 Å². The average Bonchev–Trinajstić information content (AvgIpc) is 2.48. The number of carbonyl (C=O) groups excluding carboxylic acids is 1. The van der Waals surface area contributed by atoms with Crippen LogP contribution in [0, 0.1) is 0 Å². The SMILES string of the molecule is CCN(CCNC(=O)COc1ccc(C(C)(C)C)cc1)C(C)C. The molecule has 1 amide bonds. The van der Waals surface area contributed by atoms with E-state index in [1.54, 1.807) is 0 Å². The quantitative estimate of drug-likeness (QED) is 0.800. The smallest absolute Gasteiger partial charge is 0.257 e. The monoisotopic (exact) mass is 320 g/mol. The summed E-state index contributed by atoms with van der Waals surface area (Å²) in [7, 11) is 0. The average molecular weight is 320 g/mol. The Balaban J connectivity index is 2.33. The molecule has 0 heterocycles. The molecule has 1 rings (SSSR count). The second kappa shape index (κ2) is 8.92. The van der Waals surface area contributed by atoms with Crippen LogP contribution in [-0.4, -0.2) is 43.1 Å². The Morgan fingerprint density at radius 1 is 1.22 bits per heavy atom. The molecule has 1 N–H and O–H groups in total. The molecule has 4 nitrogen and oxygen atoms in total. The van der Waals surface area contributed by atoms with Crippen molar-refractivity contribution in [1.29, 1.82) is 0 Å². The van der Waals surface area contributed by atoms with Gasteiger partial charge in [-0.15, -0.1) is 0 Å². The van der Waals surface area contributed by atoms with E-state index in [0.717, 1.165) is 18.8 Å². The standard InChI is InChI=1S/C19H32N2O2/c1-7-21(15(2)3)13-12-20-18(22)14-23-17-10-8-16(9-11-17)19(4,5)6/h8-11,15H,7,12-14H2,1-6H3,(H,20,22). The number of nitrogens with one attached hydrogen (secondary N) is 1. The molecular weight excluding hydrogens is 288 g/mol. The van der Waals surface area contributed by atoms with Gasteiger partial charge in [0.1, 0.15) is 5.75 Å². The van der Waals surface area contributed by atoms with Crippen LogP contribution in [0.4, 0.5) is 0 Å². The zero-order valence-electron chi connectivity index (χ0n) is 15.5. The lowest BCUT2D eigenvalue weighted by atomic mass is 9.87. The lowest BCUT2D eigenvalue weighted by molar-refractivity contribution is -0.123. The van der Waals surface area contributed by atoms with E-state index in [0.29, 0.717) is 12.6 Å². The third-order valence-electron chi connectivity index (χ3n) is 3.95. The van der Waals surface area contributed by atoms with Crippen molar-refractivity contribution in [2.24, 2.45) is 0 Å². The normalized spacial score (nSPS) is 11.8. The molecule has 23 heavy (non-hydrogen) atoms. The fourth-order valence-electron chi connectivity index (χ4n) is 2.37. The lowest BCUT2D eigenvalue weighted by Crippen LogP contribution is -2.39. The van der Waals surface area contributed by atoms with Crippen LogP contribution in [0.1, 0.15) is 47.1 Å². The summed E-state index contributed by atoms with van der Waals surface area (Å²) in [5.74, 6) is 0.648. The number of carbonyl (C=O) groups is 1. The highest BCUT2D eigenvalue weighted by Crippen LogP contribution is 2.24. The zero-order chi connectivity index (χ0) is 17.5. The van der Waals surface area contributed by atoms with Gasteiger partial charge in [-0.05, 0) is 43.5 Å². The van der Waals surface area contributed by atoms with Crippen molar-refractivity contribution in [2.45, 2.75) is 53.0 Å². The Bertz CT molecular complexity index is 475. The molecule has 4 heteroatoms. The molecule has 0 atom stereocenters. The van der Waals surface area contributed by atoms with Gasteiger partial charge in [0, 0.05) is 19.1 Å². The summed E-state index contributed by atoms with van der Waals surface area (Å²) in [5, 5.41) is 2.90. The van der Waals surface area contributed by atoms with Gasteiger partial charge in [-0.2, -0.15) is 0 Å². The molecule has 0 fully saturated rings. The second-order valence-corrected chi connectivity index (χ2v) is 7.14. The second-order valence-electron chi connectivity index (χ2n) is 7.14. The van der Waals surface area contributed by atoms with Gasteiger partial charge in [0.2, 0.25) is 0 Å². The van der Waals surface area contributed by atoms with Crippen molar-refractivity contribution >= 4 is 5.91 Å². The van der Waals surface area contributed by atoms with Crippen LogP contribution < -0.4 is 10.1 Å². The van der Waals surface area contributed by atoms with Crippen molar-refractivity contribution in [3.63, 3.8) is 0 Å². The van der Waals surface area contributed by atoms with Crippen LogP contribution in [0.3, 0.4) is 0 Å². The van der Waals surface area contributed by atoms with Gasteiger partial charge in [0.25, 0.3) is 5.91 Å². The Labute approximate surface area is 141 Å². The first kappa shape index (κ1) is 19.5. The summed E-state index contributed by atoms with van der Waals surface area (Å²) in [4.78, 5) is 14.1. The van der Waals surface area contributed by atoms with E-state index in [1.807, 2.05) is 12.1 Å². The molecule has 0 spiro atoms. The number of nitrogens with zero attached hydrogens (tertiary/aromatic N) is 1. The number of benzene rings is 1. The highest BCUT2D eigenvalue weighted by atomic mass is 16.5. The number of hydrogen-bond acceptors (Lipinski definition) is 3. The maximum atomic E-state index is 11.8. The minimum absolute atomic E-state index is 0.0582. The zero-order valence-corrected chi connectivity index (χ0v) is 15.5. The van der Waals surface area contributed by atoms with E-state index < -0.39 is 0 Å². The molecule has 0 aliphatic carbocycles. The summed E-state index contributed by atoms with van der Waals surface area (Å²) in [6, 6.07) is 8.44. The first-order valence-electron chi connectivity index (χ1n) is 8.48. The van der Waals surface area contributed by atoms with E-state index >= 15 is 0 Å². The topological polar surface area (TPSA) is 41.6 Å². The van der Waals surface area contributed by atoms with Crippen LogP contribution in [0.15, 0.2) is 24.3 Å². The molecule has 0 aliphatic rings. The van der Waals surface area contributed by atoms with Crippen LogP contribution in [0.25, 0.3) is 0 Å². The summed E-state index contributed by atoms with van der Waals surface area (Å²) in [6.45, 7) is 15.5. The maximum Gasteiger partial charge on any atom is 0.257 e. The van der Waals surface area contributed by atoms with Gasteiger partial charge in [0.05, 0.1) is 0 Å². The number of hydrogen-bond donors (Lipinski definition) is 1. The van der Waals surface area contributed by atoms with Crippen LogP contribution >= 0.6 is 0 Å². The third kappa shape index (κ3) is 7.04. The minimum atomic E-state index is -0.0790. The number of likely N-dealkylation sites (N-methyl/N-ethyl adjacent to an activating group) is 1. The fraction of sp³-hybridized carbons (Fsp3) is 0.632. The fourth-order valence-corrected chi connectivity index (χ4v) is 2.37. The molecule has 1 aromatic rings. The van der Waals surface area contributed by atoms with Crippen LogP contribution in [0.2, 0.25) is 0 Å². The molecule has 130 valence electrons. The molecule has 0 saturated carbocycles. The van der Waals surface area contributed by atoms with Crippen LogP contribution in [0.5, 0.6) is 5.75 Å². The highest BCUT2D eigenvalue weighted by molar-refractivity contribution is 5.77. The van der Waals surface area contributed by atoms with Crippen LogP contribution in [-0.2, 0) is 10.2 Å². The molecular formula is C19H32N2O2. The minimum Gasteiger partial charge on any atom is -0.484 e. The first-order chi connectivity index (χ1) is 10.7. The number of ether oxygens (including phenoxy) is 1. The van der Waals surface area contributed by atoms with Crippen molar-refractivity contribution < 1.29 is 9.53 Å². The predicted octanol–water partition coefficient (Wildman–Crippen LogP) is 3.21. The Morgan fingerprint density at radius 3 is 2.30 bits per heavy atom. The molecule has 0 saturated heterocycles. The Hall–Kier alpha value is -1.55. The number of amides is 1.